The van der Waals surface area contributed by atoms with E-state index in [1.807, 2.05) is 0 Å². The van der Waals surface area contributed by atoms with Crippen LogP contribution in [0.2, 0.25) is 0 Å². The first-order valence-electron chi connectivity index (χ1n) is 2.36. The van der Waals surface area contributed by atoms with Gasteiger partial charge in [0.05, 0.1) is 6.61 Å². The largest absolute Gasteiger partial charge is 1.00 e. The van der Waals surface area contributed by atoms with Gasteiger partial charge in [-0.2, -0.15) is 0 Å². The van der Waals surface area contributed by atoms with E-state index < -0.39 is 0 Å². The molecule has 0 saturated heterocycles. The molecule has 0 aliphatic heterocycles. The van der Waals surface area contributed by atoms with Crippen molar-refractivity contribution < 1.29 is 23.2 Å². The summed E-state index contributed by atoms with van der Waals surface area (Å²) in [6.45, 7) is 0.703. The molecule has 0 bridgehead atoms. The Balaban J connectivity index is 0. The molecule has 5 heteroatoms. The molecule has 0 radical (unpaired) electrons. The topological polar surface area (TPSA) is 51.1 Å². The van der Waals surface area contributed by atoms with Gasteiger partial charge in [-0.05, 0) is 0 Å². The summed E-state index contributed by atoms with van der Waals surface area (Å²) in [4.78, 5) is 1.72. The lowest BCUT2D eigenvalue weighted by Gasteiger charge is -2.09. The van der Waals surface area contributed by atoms with Crippen LogP contribution in [0, 0.1) is 0 Å². The van der Waals surface area contributed by atoms with Crippen LogP contribution >= 0.6 is 12.2 Å². The molecule has 0 aromatic rings. The van der Waals surface area contributed by atoms with Gasteiger partial charge in [0, 0.05) is 25.8 Å². The van der Waals surface area contributed by atoms with Crippen LogP contribution in [0.3, 0.4) is 0 Å². The second-order valence-corrected chi connectivity index (χ2v) is 2.01. The second kappa shape index (κ2) is 6.22. The fraction of sp³-hybridized carbons (Fsp3) is 0.750. The van der Waals surface area contributed by atoms with Gasteiger partial charge in [0.15, 0.2) is 0 Å². The maximum atomic E-state index is 8.36. The van der Waals surface area contributed by atoms with Crippen molar-refractivity contribution in [1.29, 1.82) is 0 Å². The van der Waals surface area contributed by atoms with Gasteiger partial charge < -0.3 is 28.1 Å². The van der Waals surface area contributed by atoms with E-state index in [-0.39, 0.29) is 19.0 Å². The quantitative estimate of drug-likeness (QED) is 0.411. The Kier molecular flexibility index (Phi) is 8.19. The molecule has 9 heavy (non-hydrogen) atoms. The van der Waals surface area contributed by atoms with Gasteiger partial charge in [-0.15, -0.1) is 0 Å². The fourth-order valence-electron chi connectivity index (χ4n) is 0.275. The summed E-state index contributed by atoms with van der Waals surface area (Å²) in [7, 11) is 1.80. The normalized spacial score (nSPS) is 7.89. The molecule has 0 aliphatic carbocycles. The van der Waals surface area contributed by atoms with Gasteiger partial charge in [0.1, 0.15) is 0 Å². The Morgan fingerprint density at radius 3 is 2.33 bits per heavy atom. The predicted molar refractivity (Wildman–Crippen MR) is 35.2 cm³/mol. The minimum atomic E-state index is 0. The minimum absolute atomic E-state index is 0. The van der Waals surface area contributed by atoms with Crippen molar-refractivity contribution in [3.05, 3.63) is 0 Å². The van der Waals surface area contributed by atoms with Crippen molar-refractivity contribution in [2.75, 3.05) is 20.2 Å². The molecule has 0 aliphatic rings. The smallest absolute Gasteiger partial charge is 0.267 e. The van der Waals surface area contributed by atoms with E-state index >= 15 is 0 Å². The minimum Gasteiger partial charge on any atom is -1.00 e. The van der Waals surface area contributed by atoms with Crippen LogP contribution in [0.25, 0.3) is 0 Å². The van der Waals surface area contributed by atoms with Crippen molar-refractivity contribution in [1.82, 2.24) is 4.90 Å². The Morgan fingerprint density at radius 2 is 2.22 bits per heavy atom. The third-order valence-corrected chi connectivity index (χ3v) is 1.17. The molecular weight excluding hydrogens is 160 g/mol. The van der Waals surface area contributed by atoms with E-state index in [9.17, 15) is 0 Å². The van der Waals surface area contributed by atoms with Crippen molar-refractivity contribution in [3.63, 3.8) is 0 Å². The molecule has 0 aromatic heterocycles. The molecule has 0 fully saturated rings. The molecule has 0 aromatic carbocycles. The number of aliphatic hydroxyl groups is 1. The SMILES string of the molecule is CN(CCO)C([NH3+])=S.[Cl-]. The maximum absolute atomic E-state index is 8.36. The average molecular weight is 171 g/mol. The highest BCUT2D eigenvalue weighted by atomic mass is 35.5. The number of rotatable bonds is 2. The van der Waals surface area contributed by atoms with Gasteiger partial charge >= 0.3 is 0 Å². The number of aliphatic hydroxyl groups excluding tert-OH is 1. The van der Waals surface area contributed by atoms with Crippen LogP contribution in [-0.2, 0) is 0 Å². The third-order valence-electron chi connectivity index (χ3n) is 0.861. The van der Waals surface area contributed by atoms with Crippen molar-refractivity contribution in [2.24, 2.45) is 0 Å². The lowest BCUT2D eigenvalue weighted by atomic mass is 10.6. The molecule has 4 N–H and O–H groups in total. The number of nitrogens with zero attached hydrogens (tertiary/aromatic N) is 1. The maximum Gasteiger partial charge on any atom is 0.267 e. The predicted octanol–water partition coefficient (Wildman–Crippen LogP) is -4.56. The van der Waals surface area contributed by atoms with E-state index in [1.165, 1.54) is 0 Å². The molecular formula is C4H11ClN2OS. The lowest BCUT2D eigenvalue weighted by Crippen LogP contribution is -3.00. The van der Waals surface area contributed by atoms with Gasteiger partial charge in [0.2, 0.25) is 0 Å². The number of quaternary nitrogens is 1. The van der Waals surface area contributed by atoms with Crippen molar-refractivity contribution in [2.45, 2.75) is 0 Å². The van der Waals surface area contributed by atoms with E-state index in [0.29, 0.717) is 11.7 Å². The van der Waals surface area contributed by atoms with Crippen LogP contribution in [0.4, 0.5) is 0 Å². The molecule has 0 heterocycles. The fourth-order valence-corrected chi connectivity index (χ4v) is 0.366. The number of likely N-dealkylation sites (N-methyl/N-ethyl adjacent to an activating group) is 1. The molecule has 0 saturated carbocycles. The zero-order valence-corrected chi connectivity index (χ0v) is 6.87. The van der Waals surface area contributed by atoms with Crippen molar-refractivity contribution in [3.8, 4) is 0 Å². The van der Waals surface area contributed by atoms with Crippen LogP contribution in [0.1, 0.15) is 0 Å². The molecule has 0 spiro atoms. The molecule has 56 valence electrons. The number of hydrogen-bond donors (Lipinski definition) is 2. The Morgan fingerprint density at radius 1 is 1.78 bits per heavy atom. The summed E-state index contributed by atoms with van der Waals surface area (Å²) in [5.41, 5.74) is 3.50. The summed E-state index contributed by atoms with van der Waals surface area (Å²) in [6, 6.07) is 0. The standard InChI is InChI=1S/C4H10N2OS.ClH/c1-6(2-3-7)4(5)8;/h7H,2-3H2,1H3,(H2,5,8);1H. The summed E-state index contributed by atoms with van der Waals surface area (Å²) in [5.74, 6) is 0. The van der Waals surface area contributed by atoms with E-state index in [1.54, 1.807) is 11.9 Å². The van der Waals surface area contributed by atoms with Gasteiger partial charge in [0.25, 0.3) is 5.11 Å². The monoisotopic (exact) mass is 170 g/mol. The van der Waals surface area contributed by atoms with Gasteiger partial charge in [-0.3, -0.25) is 0 Å². The van der Waals surface area contributed by atoms with Crippen LogP contribution in [0.5, 0.6) is 0 Å². The number of halogens is 1. The molecule has 0 rings (SSSR count). The van der Waals surface area contributed by atoms with Crippen LogP contribution < -0.4 is 18.1 Å². The first kappa shape index (κ1) is 11.8. The van der Waals surface area contributed by atoms with E-state index in [4.69, 9.17) is 5.11 Å². The molecule has 0 unspecified atom stereocenters. The summed E-state index contributed by atoms with van der Waals surface area (Å²) in [5, 5.41) is 8.93. The van der Waals surface area contributed by atoms with Crippen LogP contribution in [-0.4, -0.2) is 35.3 Å². The Bertz CT molecular complexity index is 90.6. The van der Waals surface area contributed by atoms with E-state index in [2.05, 4.69) is 18.0 Å². The zero-order chi connectivity index (χ0) is 6.57. The number of thiocarbonyl (C=S) groups is 1. The lowest BCUT2D eigenvalue weighted by molar-refractivity contribution is -0.226. The average Bonchev–Trinajstić information content (AvgIpc) is 1.67. The van der Waals surface area contributed by atoms with Gasteiger partial charge in [-0.25, -0.2) is 0 Å². The summed E-state index contributed by atoms with van der Waals surface area (Å²) >= 11 is 4.69. The summed E-state index contributed by atoms with van der Waals surface area (Å²) in [6.07, 6.45) is 0. The highest BCUT2D eigenvalue weighted by molar-refractivity contribution is 7.79. The Hall–Kier alpha value is 0.100. The highest BCUT2D eigenvalue weighted by Crippen LogP contribution is 1.75. The van der Waals surface area contributed by atoms with Crippen LogP contribution in [0.15, 0.2) is 0 Å². The number of hydrogen-bond acceptors (Lipinski definition) is 2. The van der Waals surface area contributed by atoms with Crippen molar-refractivity contribution >= 4 is 17.3 Å². The molecule has 0 amide bonds. The summed E-state index contributed by atoms with van der Waals surface area (Å²) < 4.78 is 0. The molecule has 3 nitrogen and oxygen atoms in total. The Labute approximate surface area is 66.2 Å². The first-order valence-corrected chi connectivity index (χ1v) is 2.77. The zero-order valence-electron chi connectivity index (χ0n) is 5.30. The second-order valence-electron chi connectivity index (χ2n) is 1.54. The molecule has 0 atom stereocenters. The third kappa shape index (κ3) is 5.98. The van der Waals surface area contributed by atoms with Gasteiger partial charge in [-0.1, -0.05) is 0 Å². The van der Waals surface area contributed by atoms with E-state index in [0.717, 1.165) is 0 Å². The first-order chi connectivity index (χ1) is 3.68. The highest BCUT2D eigenvalue weighted by Gasteiger charge is 1.98.